The molecule has 1 saturated heterocycles. The molecule has 2 N–H and O–H groups in total. The van der Waals surface area contributed by atoms with Crippen molar-refractivity contribution in [3.8, 4) is 11.5 Å². The van der Waals surface area contributed by atoms with Gasteiger partial charge < -0.3 is 19.9 Å². The number of nitrogen functional groups attached to an aromatic ring is 1. The maximum Gasteiger partial charge on any atom is 0.163 e. The molecule has 3 rings (SSSR count). The van der Waals surface area contributed by atoms with Gasteiger partial charge in [0.05, 0.1) is 11.7 Å². The van der Waals surface area contributed by atoms with E-state index in [4.69, 9.17) is 19.9 Å². The molecule has 0 radical (unpaired) electrons. The molecule has 0 amide bonds. The Hall–Kier alpha value is -1.46. The van der Waals surface area contributed by atoms with Gasteiger partial charge in [-0.25, -0.2) is 0 Å². The molecule has 0 spiro atoms. The fourth-order valence-corrected chi connectivity index (χ4v) is 3.23. The highest BCUT2D eigenvalue weighted by Gasteiger charge is 2.31. The van der Waals surface area contributed by atoms with E-state index in [2.05, 4.69) is 25.7 Å². The molecule has 2 aliphatic rings. The second-order valence-electron chi connectivity index (χ2n) is 6.55. The fourth-order valence-electron chi connectivity index (χ4n) is 3.23. The predicted molar refractivity (Wildman–Crippen MR) is 81.7 cm³/mol. The molecule has 116 valence electrons. The normalized spacial score (nSPS) is 24.8. The van der Waals surface area contributed by atoms with Crippen LogP contribution in [0.3, 0.4) is 0 Å². The average molecular weight is 292 g/mol. The molecular formula is C16H24N2O3. The summed E-state index contributed by atoms with van der Waals surface area (Å²) >= 11 is 0. The quantitative estimate of drug-likeness (QED) is 0.845. The summed E-state index contributed by atoms with van der Waals surface area (Å²) in [7, 11) is 0. The predicted octanol–water partition coefficient (Wildman–Crippen LogP) is 2.04. The number of nitrogens with two attached hydrogens (primary N) is 1. The van der Waals surface area contributed by atoms with Gasteiger partial charge in [0.25, 0.3) is 0 Å². The number of hydrogen-bond donors (Lipinski definition) is 1. The highest BCUT2D eigenvalue weighted by molar-refractivity contribution is 5.58. The minimum atomic E-state index is -0.125. The number of benzene rings is 1. The summed E-state index contributed by atoms with van der Waals surface area (Å²) < 4.78 is 17.2. The van der Waals surface area contributed by atoms with Crippen LogP contribution >= 0.6 is 0 Å². The smallest absolute Gasteiger partial charge is 0.163 e. The summed E-state index contributed by atoms with van der Waals surface area (Å²) in [5.41, 5.74) is 7.89. The molecule has 5 heteroatoms. The number of nitrogens with zero attached hydrogens (tertiary/aromatic N) is 1. The summed E-state index contributed by atoms with van der Waals surface area (Å²) in [6, 6.07) is 3.88. The van der Waals surface area contributed by atoms with Crippen molar-refractivity contribution in [1.82, 2.24) is 4.90 Å². The number of ether oxygens (including phenoxy) is 3. The van der Waals surface area contributed by atoms with Crippen LogP contribution in [0, 0.1) is 0 Å². The molecule has 2 aliphatic heterocycles. The van der Waals surface area contributed by atoms with Crippen LogP contribution in [0.2, 0.25) is 0 Å². The molecule has 0 aromatic heterocycles. The average Bonchev–Trinajstić information content (AvgIpc) is 2.37. The molecule has 1 unspecified atom stereocenters. The Morgan fingerprint density at radius 2 is 1.90 bits per heavy atom. The molecule has 1 atom stereocenters. The minimum Gasteiger partial charge on any atom is -0.486 e. The van der Waals surface area contributed by atoms with Crippen LogP contribution in [-0.2, 0) is 11.3 Å². The monoisotopic (exact) mass is 292 g/mol. The second-order valence-corrected chi connectivity index (χ2v) is 6.55. The number of hydrogen-bond acceptors (Lipinski definition) is 5. The van der Waals surface area contributed by atoms with Crippen LogP contribution in [0.15, 0.2) is 12.1 Å². The van der Waals surface area contributed by atoms with Gasteiger partial charge in [-0.1, -0.05) is 0 Å². The van der Waals surface area contributed by atoms with Crippen LogP contribution in [0.5, 0.6) is 11.5 Å². The van der Waals surface area contributed by atoms with E-state index in [1.54, 1.807) is 0 Å². The van der Waals surface area contributed by atoms with Crippen molar-refractivity contribution in [3.63, 3.8) is 0 Å². The Balaban J connectivity index is 1.78. The van der Waals surface area contributed by atoms with Gasteiger partial charge >= 0.3 is 0 Å². The molecule has 1 aromatic carbocycles. The van der Waals surface area contributed by atoms with Gasteiger partial charge in [-0.15, -0.1) is 0 Å². The van der Waals surface area contributed by atoms with Crippen molar-refractivity contribution in [2.45, 2.75) is 39.0 Å². The lowest BCUT2D eigenvalue weighted by Gasteiger charge is -2.42. The Bertz CT molecular complexity index is 530. The number of fused-ring (bicyclic) bond motifs is 1. The van der Waals surface area contributed by atoms with E-state index in [-0.39, 0.29) is 11.7 Å². The first kappa shape index (κ1) is 14.5. The zero-order valence-corrected chi connectivity index (χ0v) is 13.0. The topological polar surface area (TPSA) is 57.0 Å². The summed E-state index contributed by atoms with van der Waals surface area (Å²) in [4.78, 5) is 2.38. The van der Waals surface area contributed by atoms with Crippen molar-refractivity contribution in [2.24, 2.45) is 0 Å². The van der Waals surface area contributed by atoms with E-state index in [0.29, 0.717) is 13.2 Å². The summed E-state index contributed by atoms with van der Waals surface area (Å²) in [5.74, 6) is 1.55. The number of anilines is 1. The molecule has 21 heavy (non-hydrogen) atoms. The zero-order valence-electron chi connectivity index (χ0n) is 13.0. The van der Waals surface area contributed by atoms with E-state index in [1.165, 1.54) is 0 Å². The summed E-state index contributed by atoms with van der Waals surface area (Å²) in [6.07, 6.45) is 0.229. The Morgan fingerprint density at radius 3 is 2.57 bits per heavy atom. The van der Waals surface area contributed by atoms with Crippen LogP contribution < -0.4 is 15.2 Å². The standard InChI is InChI=1S/C16H24N2O3/c1-11-8-18(10-16(2,3)21-11)9-12-6-14-15(7-13(12)17)20-5-4-19-14/h6-7,11H,4-5,8-10,17H2,1-3H3. The van der Waals surface area contributed by atoms with Gasteiger partial charge in [-0.05, 0) is 32.4 Å². The van der Waals surface area contributed by atoms with Crippen molar-refractivity contribution < 1.29 is 14.2 Å². The molecule has 5 nitrogen and oxygen atoms in total. The fraction of sp³-hybridized carbons (Fsp3) is 0.625. The lowest BCUT2D eigenvalue weighted by atomic mass is 10.0. The van der Waals surface area contributed by atoms with Gasteiger partial charge in [0.15, 0.2) is 11.5 Å². The lowest BCUT2D eigenvalue weighted by Crippen LogP contribution is -2.51. The van der Waals surface area contributed by atoms with Crippen molar-refractivity contribution >= 4 is 5.69 Å². The Kier molecular flexibility index (Phi) is 3.71. The van der Waals surface area contributed by atoms with E-state index in [9.17, 15) is 0 Å². The minimum absolute atomic E-state index is 0.125. The molecule has 0 bridgehead atoms. The summed E-state index contributed by atoms with van der Waals surface area (Å²) in [6.45, 7) is 10.2. The van der Waals surface area contributed by atoms with E-state index in [0.717, 1.165) is 42.4 Å². The molecule has 0 aliphatic carbocycles. The van der Waals surface area contributed by atoms with Crippen LogP contribution in [-0.4, -0.2) is 42.9 Å². The highest BCUT2D eigenvalue weighted by atomic mass is 16.6. The molecule has 1 aromatic rings. The third-order valence-electron chi connectivity index (χ3n) is 3.84. The maximum atomic E-state index is 6.17. The van der Waals surface area contributed by atoms with Crippen LogP contribution in [0.1, 0.15) is 26.3 Å². The van der Waals surface area contributed by atoms with E-state index >= 15 is 0 Å². The third-order valence-corrected chi connectivity index (χ3v) is 3.84. The van der Waals surface area contributed by atoms with Gasteiger partial charge in [-0.2, -0.15) is 0 Å². The van der Waals surface area contributed by atoms with Crippen molar-refractivity contribution in [3.05, 3.63) is 17.7 Å². The van der Waals surface area contributed by atoms with Gasteiger partial charge in [0.2, 0.25) is 0 Å². The Labute approximate surface area is 126 Å². The number of morpholine rings is 1. The molecular weight excluding hydrogens is 268 g/mol. The first-order chi connectivity index (χ1) is 9.93. The van der Waals surface area contributed by atoms with Gasteiger partial charge in [0, 0.05) is 31.4 Å². The van der Waals surface area contributed by atoms with Crippen molar-refractivity contribution in [2.75, 3.05) is 32.0 Å². The molecule has 1 fully saturated rings. The molecule has 2 heterocycles. The SMILES string of the molecule is CC1CN(Cc2cc3c(cc2N)OCCO3)CC(C)(C)O1. The van der Waals surface area contributed by atoms with E-state index in [1.807, 2.05) is 12.1 Å². The highest BCUT2D eigenvalue weighted by Crippen LogP contribution is 2.35. The van der Waals surface area contributed by atoms with Gasteiger partial charge in [0.1, 0.15) is 13.2 Å². The maximum absolute atomic E-state index is 6.17. The first-order valence-corrected chi connectivity index (χ1v) is 7.51. The zero-order chi connectivity index (χ0) is 15.0. The largest absolute Gasteiger partial charge is 0.486 e. The van der Waals surface area contributed by atoms with E-state index < -0.39 is 0 Å². The number of rotatable bonds is 2. The van der Waals surface area contributed by atoms with Crippen molar-refractivity contribution in [1.29, 1.82) is 0 Å². The first-order valence-electron chi connectivity index (χ1n) is 7.51. The van der Waals surface area contributed by atoms with Crippen LogP contribution in [0.4, 0.5) is 5.69 Å². The second kappa shape index (κ2) is 5.39. The molecule has 0 saturated carbocycles. The summed E-state index contributed by atoms with van der Waals surface area (Å²) in [5, 5.41) is 0. The van der Waals surface area contributed by atoms with Crippen LogP contribution in [0.25, 0.3) is 0 Å². The third kappa shape index (κ3) is 3.24. The Morgan fingerprint density at radius 1 is 1.24 bits per heavy atom. The lowest BCUT2D eigenvalue weighted by molar-refractivity contribution is -0.130. The van der Waals surface area contributed by atoms with Gasteiger partial charge in [-0.3, -0.25) is 4.90 Å².